The van der Waals surface area contributed by atoms with E-state index in [-0.39, 0.29) is 17.2 Å². The first-order chi connectivity index (χ1) is 11.3. The summed E-state index contributed by atoms with van der Waals surface area (Å²) in [6.07, 6.45) is -4.45. The monoisotopic (exact) mass is 333 g/mol. The molecule has 0 saturated carbocycles. The Balaban J connectivity index is 1.99. The molecule has 0 aliphatic carbocycles. The molecule has 0 saturated heterocycles. The summed E-state index contributed by atoms with van der Waals surface area (Å²) in [6.45, 7) is 0. The third-order valence-corrected chi connectivity index (χ3v) is 3.30. The maximum atomic E-state index is 12.6. The van der Waals surface area contributed by atoms with Crippen molar-refractivity contribution in [2.45, 2.75) is 6.18 Å². The molecule has 0 aliphatic heterocycles. The molecule has 1 aromatic heterocycles. The van der Waals surface area contributed by atoms with Gasteiger partial charge in [0.25, 0.3) is 0 Å². The SMILES string of the molecule is O=C(O)c1nc2ccccc2cc1Oc1ccc(C(F)(F)F)cc1. The van der Waals surface area contributed by atoms with Gasteiger partial charge in [0.2, 0.25) is 0 Å². The van der Waals surface area contributed by atoms with Crippen molar-refractivity contribution in [3.05, 3.63) is 65.9 Å². The maximum Gasteiger partial charge on any atom is 0.416 e. The number of halogens is 3. The van der Waals surface area contributed by atoms with E-state index < -0.39 is 17.7 Å². The summed E-state index contributed by atoms with van der Waals surface area (Å²) in [6, 6.07) is 12.3. The summed E-state index contributed by atoms with van der Waals surface area (Å²) in [7, 11) is 0. The van der Waals surface area contributed by atoms with Crippen LogP contribution in [0.4, 0.5) is 13.2 Å². The van der Waals surface area contributed by atoms with E-state index in [1.807, 2.05) is 0 Å². The highest BCUT2D eigenvalue weighted by molar-refractivity contribution is 5.93. The Bertz CT molecular complexity index is 905. The number of carboxylic acid groups (broad SMARTS) is 1. The van der Waals surface area contributed by atoms with Crippen LogP contribution in [0.25, 0.3) is 10.9 Å². The molecule has 1 heterocycles. The number of hydrogen-bond donors (Lipinski definition) is 1. The molecule has 3 rings (SSSR count). The van der Waals surface area contributed by atoms with Crippen molar-refractivity contribution in [3.8, 4) is 11.5 Å². The second kappa shape index (κ2) is 5.84. The highest BCUT2D eigenvalue weighted by Gasteiger charge is 2.30. The zero-order valence-corrected chi connectivity index (χ0v) is 12.0. The second-order valence-electron chi connectivity index (χ2n) is 4.96. The summed E-state index contributed by atoms with van der Waals surface area (Å²) in [4.78, 5) is 15.4. The average Bonchev–Trinajstić information content (AvgIpc) is 2.53. The van der Waals surface area contributed by atoms with Gasteiger partial charge in [-0.15, -0.1) is 0 Å². The molecule has 0 amide bonds. The molecule has 4 nitrogen and oxygen atoms in total. The van der Waals surface area contributed by atoms with Crippen LogP contribution in [-0.4, -0.2) is 16.1 Å². The van der Waals surface area contributed by atoms with E-state index in [1.54, 1.807) is 24.3 Å². The Morgan fingerprint density at radius 1 is 1.04 bits per heavy atom. The topological polar surface area (TPSA) is 59.4 Å². The molecule has 7 heteroatoms. The van der Waals surface area contributed by atoms with Crippen LogP contribution in [0.1, 0.15) is 16.1 Å². The molecule has 0 bridgehead atoms. The molecular formula is C17H10F3NO3. The van der Waals surface area contributed by atoms with Crippen LogP contribution >= 0.6 is 0 Å². The quantitative estimate of drug-likeness (QED) is 0.752. The van der Waals surface area contributed by atoms with Gasteiger partial charge in [0.1, 0.15) is 5.75 Å². The van der Waals surface area contributed by atoms with E-state index in [4.69, 9.17) is 4.74 Å². The number of rotatable bonds is 3. The standard InChI is InChI=1S/C17H10F3NO3/c18-17(19,20)11-5-7-12(8-6-11)24-14-9-10-3-1-2-4-13(10)21-15(14)16(22)23/h1-9H,(H,22,23). The average molecular weight is 333 g/mol. The minimum Gasteiger partial charge on any atom is -0.476 e. The van der Waals surface area contributed by atoms with Crippen molar-refractivity contribution < 1.29 is 27.8 Å². The lowest BCUT2D eigenvalue weighted by atomic mass is 10.2. The lowest BCUT2D eigenvalue weighted by Gasteiger charge is -2.11. The van der Waals surface area contributed by atoms with E-state index in [9.17, 15) is 23.1 Å². The summed E-state index contributed by atoms with van der Waals surface area (Å²) in [5, 5.41) is 9.92. The highest BCUT2D eigenvalue weighted by atomic mass is 19.4. The Morgan fingerprint density at radius 2 is 1.71 bits per heavy atom. The van der Waals surface area contributed by atoms with Crippen molar-refractivity contribution in [1.82, 2.24) is 4.98 Å². The Hall–Kier alpha value is -3.09. The number of ether oxygens (including phenoxy) is 1. The number of para-hydroxylation sites is 1. The number of aromatic nitrogens is 1. The van der Waals surface area contributed by atoms with Gasteiger partial charge in [-0.2, -0.15) is 13.2 Å². The van der Waals surface area contributed by atoms with Crippen LogP contribution in [0.15, 0.2) is 54.6 Å². The first-order valence-electron chi connectivity index (χ1n) is 6.83. The summed E-state index contributed by atoms with van der Waals surface area (Å²) in [5.41, 5.74) is -0.645. The molecule has 0 radical (unpaired) electrons. The Kier molecular flexibility index (Phi) is 3.84. The normalized spacial score (nSPS) is 11.5. The number of fused-ring (bicyclic) bond motifs is 1. The van der Waals surface area contributed by atoms with E-state index in [0.29, 0.717) is 10.9 Å². The molecule has 3 aromatic rings. The van der Waals surface area contributed by atoms with Crippen molar-refractivity contribution in [3.63, 3.8) is 0 Å². The van der Waals surface area contributed by atoms with Gasteiger partial charge in [-0.3, -0.25) is 0 Å². The van der Waals surface area contributed by atoms with Gasteiger partial charge in [0.05, 0.1) is 11.1 Å². The van der Waals surface area contributed by atoms with Gasteiger partial charge in [-0.05, 0) is 36.4 Å². The van der Waals surface area contributed by atoms with Crippen LogP contribution in [0.2, 0.25) is 0 Å². The number of aromatic carboxylic acids is 1. The second-order valence-corrected chi connectivity index (χ2v) is 4.96. The molecule has 24 heavy (non-hydrogen) atoms. The van der Waals surface area contributed by atoms with Crippen molar-refractivity contribution in [2.24, 2.45) is 0 Å². The molecule has 122 valence electrons. The van der Waals surface area contributed by atoms with Crippen molar-refractivity contribution in [2.75, 3.05) is 0 Å². The number of carboxylic acids is 1. The fourth-order valence-electron chi connectivity index (χ4n) is 2.17. The van der Waals surface area contributed by atoms with Gasteiger partial charge in [0, 0.05) is 5.39 Å². The number of pyridine rings is 1. The predicted octanol–water partition coefficient (Wildman–Crippen LogP) is 4.74. The fraction of sp³-hybridized carbons (Fsp3) is 0.0588. The number of hydrogen-bond acceptors (Lipinski definition) is 3. The molecule has 0 spiro atoms. The van der Waals surface area contributed by atoms with Gasteiger partial charge in [0.15, 0.2) is 11.4 Å². The van der Waals surface area contributed by atoms with Crippen LogP contribution in [0, 0.1) is 0 Å². The molecule has 0 aliphatic rings. The lowest BCUT2D eigenvalue weighted by molar-refractivity contribution is -0.137. The first-order valence-corrected chi connectivity index (χ1v) is 6.83. The fourth-order valence-corrected chi connectivity index (χ4v) is 2.17. The van der Waals surface area contributed by atoms with Crippen LogP contribution in [0.5, 0.6) is 11.5 Å². The molecular weight excluding hydrogens is 323 g/mol. The smallest absolute Gasteiger partial charge is 0.416 e. The lowest BCUT2D eigenvalue weighted by Crippen LogP contribution is -2.05. The molecule has 2 aromatic carbocycles. The first kappa shape index (κ1) is 15.8. The number of nitrogens with zero attached hydrogens (tertiary/aromatic N) is 1. The van der Waals surface area contributed by atoms with Crippen LogP contribution in [-0.2, 0) is 6.18 Å². The van der Waals surface area contributed by atoms with Gasteiger partial charge < -0.3 is 9.84 Å². The summed E-state index contributed by atoms with van der Waals surface area (Å²) in [5.74, 6) is -1.24. The largest absolute Gasteiger partial charge is 0.476 e. The maximum absolute atomic E-state index is 12.6. The molecule has 0 fully saturated rings. The molecule has 0 atom stereocenters. The Morgan fingerprint density at radius 3 is 2.33 bits per heavy atom. The van der Waals surface area contributed by atoms with Gasteiger partial charge in [-0.25, -0.2) is 9.78 Å². The number of alkyl halides is 3. The van der Waals surface area contributed by atoms with E-state index in [0.717, 1.165) is 24.3 Å². The minimum atomic E-state index is -4.45. The third kappa shape index (κ3) is 3.15. The molecule has 0 unspecified atom stereocenters. The van der Waals surface area contributed by atoms with Gasteiger partial charge in [-0.1, -0.05) is 18.2 Å². The van der Waals surface area contributed by atoms with Crippen LogP contribution < -0.4 is 4.74 Å². The Labute approximate surface area is 134 Å². The zero-order valence-electron chi connectivity index (χ0n) is 12.0. The number of carbonyl (C=O) groups is 1. The van der Waals surface area contributed by atoms with Crippen LogP contribution in [0.3, 0.4) is 0 Å². The number of benzene rings is 2. The van der Waals surface area contributed by atoms with Crippen molar-refractivity contribution >= 4 is 16.9 Å². The summed E-state index contributed by atoms with van der Waals surface area (Å²) < 4.78 is 43.1. The highest BCUT2D eigenvalue weighted by Crippen LogP contribution is 2.32. The van der Waals surface area contributed by atoms with E-state index in [2.05, 4.69) is 4.98 Å². The predicted molar refractivity (Wildman–Crippen MR) is 80.2 cm³/mol. The third-order valence-electron chi connectivity index (χ3n) is 3.30. The summed E-state index contributed by atoms with van der Waals surface area (Å²) >= 11 is 0. The van der Waals surface area contributed by atoms with Gasteiger partial charge >= 0.3 is 12.1 Å². The molecule has 1 N–H and O–H groups in total. The van der Waals surface area contributed by atoms with E-state index in [1.165, 1.54) is 6.07 Å². The van der Waals surface area contributed by atoms with E-state index >= 15 is 0 Å². The zero-order chi connectivity index (χ0) is 17.3. The van der Waals surface area contributed by atoms with Crippen molar-refractivity contribution in [1.29, 1.82) is 0 Å². The minimum absolute atomic E-state index is 0.0408.